The third kappa shape index (κ3) is 14.7. The first-order valence-corrected chi connectivity index (χ1v) is 10.2. The molecule has 0 spiro atoms. The van der Waals surface area contributed by atoms with E-state index in [9.17, 15) is 0 Å². The lowest BCUT2D eigenvalue weighted by Crippen LogP contribution is -2.31. The third-order valence-corrected chi connectivity index (χ3v) is 5.21. The van der Waals surface area contributed by atoms with Gasteiger partial charge in [-0.05, 0) is 24.6 Å². The van der Waals surface area contributed by atoms with Gasteiger partial charge in [0.25, 0.3) is 0 Å². The first-order valence-electron chi connectivity index (χ1n) is 9.01. The summed E-state index contributed by atoms with van der Waals surface area (Å²) in [5.74, 6) is 3.42. The second-order valence-electron chi connectivity index (χ2n) is 6.45. The Bertz CT molecular complexity index is 182. The van der Waals surface area contributed by atoms with Gasteiger partial charge in [-0.15, -0.1) is 0 Å². The van der Waals surface area contributed by atoms with Crippen LogP contribution in [0, 0.1) is 5.92 Å². The molecule has 20 heavy (non-hydrogen) atoms. The molecule has 0 fully saturated rings. The number of hydrogen-bond acceptors (Lipinski definition) is 2. The molecule has 0 aliphatic heterocycles. The quantitative estimate of drug-likeness (QED) is 0.379. The minimum Gasteiger partial charge on any atom is -0.313 e. The number of nitrogens with one attached hydrogen (secondary N) is 1. The van der Waals surface area contributed by atoms with Gasteiger partial charge in [0.15, 0.2) is 0 Å². The number of unbranched alkanes of at least 4 members (excludes halogenated alkanes) is 7. The van der Waals surface area contributed by atoms with Gasteiger partial charge in [0.05, 0.1) is 0 Å². The minimum atomic E-state index is 0.740. The summed E-state index contributed by atoms with van der Waals surface area (Å²) in [6.07, 6.45) is 12.8. The van der Waals surface area contributed by atoms with Crippen molar-refractivity contribution in [3.8, 4) is 0 Å². The molecule has 0 aromatic carbocycles. The van der Waals surface area contributed by atoms with Gasteiger partial charge in [-0.1, -0.05) is 79.1 Å². The Labute approximate surface area is 133 Å². The van der Waals surface area contributed by atoms with E-state index >= 15 is 0 Å². The van der Waals surface area contributed by atoms with Crippen LogP contribution < -0.4 is 5.32 Å². The maximum atomic E-state index is 3.65. The highest BCUT2D eigenvalue weighted by molar-refractivity contribution is 7.99. The summed E-state index contributed by atoms with van der Waals surface area (Å²) in [6.45, 7) is 10.3. The van der Waals surface area contributed by atoms with E-state index < -0.39 is 0 Å². The molecule has 0 rings (SSSR count). The van der Waals surface area contributed by atoms with Gasteiger partial charge in [-0.2, -0.15) is 11.8 Å². The van der Waals surface area contributed by atoms with Crippen LogP contribution in [0.15, 0.2) is 0 Å². The highest BCUT2D eigenvalue weighted by Gasteiger charge is 2.07. The summed E-state index contributed by atoms with van der Waals surface area (Å²) < 4.78 is 0. The molecule has 0 saturated carbocycles. The van der Waals surface area contributed by atoms with Crippen molar-refractivity contribution in [1.82, 2.24) is 5.32 Å². The van der Waals surface area contributed by atoms with E-state index in [0.29, 0.717) is 0 Å². The number of rotatable bonds is 15. The van der Waals surface area contributed by atoms with Crippen LogP contribution in [-0.4, -0.2) is 24.1 Å². The lowest BCUT2D eigenvalue weighted by atomic mass is 10.1. The van der Waals surface area contributed by atoms with Crippen molar-refractivity contribution in [3.63, 3.8) is 0 Å². The van der Waals surface area contributed by atoms with E-state index in [4.69, 9.17) is 0 Å². The fourth-order valence-corrected chi connectivity index (χ4v) is 3.68. The Morgan fingerprint density at radius 3 is 1.95 bits per heavy atom. The minimum absolute atomic E-state index is 0.740. The maximum absolute atomic E-state index is 3.65. The summed E-state index contributed by atoms with van der Waals surface area (Å²) in [6, 6.07) is 0.740. The molecule has 0 aromatic rings. The van der Waals surface area contributed by atoms with Crippen LogP contribution in [0.4, 0.5) is 0 Å². The SMILES string of the molecule is CCCCCCCCCCC(CSCC(C)C)NCC. The number of hydrogen-bond donors (Lipinski definition) is 1. The second kappa shape index (κ2) is 15.7. The van der Waals surface area contributed by atoms with E-state index in [1.54, 1.807) is 0 Å². The standard InChI is InChI=1S/C18H39NS/c1-5-7-8-9-10-11-12-13-14-18(19-6-2)16-20-15-17(3)4/h17-19H,5-16H2,1-4H3. The van der Waals surface area contributed by atoms with Crippen molar-refractivity contribution >= 4 is 11.8 Å². The Morgan fingerprint density at radius 1 is 0.800 bits per heavy atom. The fourth-order valence-electron chi connectivity index (χ4n) is 2.50. The van der Waals surface area contributed by atoms with Crippen molar-refractivity contribution in [2.45, 2.75) is 91.5 Å². The zero-order valence-corrected chi connectivity index (χ0v) is 15.4. The lowest BCUT2D eigenvalue weighted by molar-refractivity contribution is 0.491. The van der Waals surface area contributed by atoms with Crippen molar-refractivity contribution in [3.05, 3.63) is 0 Å². The molecule has 0 aliphatic carbocycles. The van der Waals surface area contributed by atoms with Gasteiger partial charge in [-0.3, -0.25) is 0 Å². The molecule has 1 N–H and O–H groups in total. The third-order valence-electron chi connectivity index (χ3n) is 3.67. The van der Waals surface area contributed by atoms with Gasteiger partial charge >= 0.3 is 0 Å². The zero-order chi connectivity index (χ0) is 15.1. The second-order valence-corrected chi connectivity index (χ2v) is 7.52. The molecule has 0 heterocycles. The van der Waals surface area contributed by atoms with E-state index in [1.807, 2.05) is 0 Å². The zero-order valence-electron chi connectivity index (χ0n) is 14.5. The van der Waals surface area contributed by atoms with E-state index in [2.05, 4.69) is 44.8 Å². The van der Waals surface area contributed by atoms with E-state index in [-0.39, 0.29) is 0 Å². The van der Waals surface area contributed by atoms with Crippen molar-refractivity contribution < 1.29 is 0 Å². The highest BCUT2D eigenvalue weighted by atomic mass is 32.2. The predicted octanol–water partition coefficient (Wildman–Crippen LogP) is 5.88. The Morgan fingerprint density at radius 2 is 1.40 bits per heavy atom. The van der Waals surface area contributed by atoms with Crippen LogP contribution in [0.2, 0.25) is 0 Å². The van der Waals surface area contributed by atoms with Gasteiger partial charge in [0.1, 0.15) is 0 Å². The Hall–Kier alpha value is 0.310. The topological polar surface area (TPSA) is 12.0 Å². The summed E-state index contributed by atoms with van der Waals surface area (Å²) in [5, 5.41) is 3.65. The van der Waals surface area contributed by atoms with Gasteiger partial charge in [-0.25, -0.2) is 0 Å². The molecular formula is C18H39NS. The van der Waals surface area contributed by atoms with E-state index in [1.165, 1.54) is 69.3 Å². The Kier molecular flexibility index (Phi) is 15.9. The molecule has 2 heteroatoms. The van der Waals surface area contributed by atoms with Crippen molar-refractivity contribution in [2.75, 3.05) is 18.1 Å². The smallest absolute Gasteiger partial charge is 0.0158 e. The predicted molar refractivity (Wildman–Crippen MR) is 96.9 cm³/mol. The van der Waals surface area contributed by atoms with Crippen molar-refractivity contribution in [1.29, 1.82) is 0 Å². The van der Waals surface area contributed by atoms with Gasteiger partial charge in [0, 0.05) is 11.8 Å². The van der Waals surface area contributed by atoms with Crippen LogP contribution >= 0.6 is 11.8 Å². The molecule has 0 aliphatic rings. The fraction of sp³-hybridized carbons (Fsp3) is 1.00. The number of thioether (sulfide) groups is 1. The molecular weight excluding hydrogens is 262 g/mol. The van der Waals surface area contributed by atoms with Crippen LogP contribution in [0.3, 0.4) is 0 Å². The molecule has 1 atom stereocenters. The molecule has 122 valence electrons. The summed E-state index contributed by atoms with van der Waals surface area (Å²) >= 11 is 2.12. The molecule has 1 nitrogen and oxygen atoms in total. The van der Waals surface area contributed by atoms with Crippen LogP contribution in [0.5, 0.6) is 0 Å². The van der Waals surface area contributed by atoms with Crippen molar-refractivity contribution in [2.24, 2.45) is 5.92 Å². The lowest BCUT2D eigenvalue weighted by Gasteiger charge is -2.18. The Balaban J connectivity index is 3.45. The molecule has 0 saturated heterocycles. The normalized spacial score (nSPS) is 13.1. The molecule has 0 amide bonds. The average Bonchev–Trinajstić information content (AvgIpc) is 2.41. The monoisotopic (exact) mass is 301 g/mol. The van der Waals surface area contributed by atoms with Crippen LogP contribution in [-0.2, 0) is 0 Å². The molecule has 1 unspecified atom stereocenters. The largest absolute Gasteiger partial charge is 0.313 e. The molecule has 0 aromatic heterocycles. The average molecular weight is 302 g/mol. The first-order chi connectivity index (χ1) is 9.70. The van der Waals surface area contributed by atoms with E-state index in [0.717, 1.165) is 18.5 Å². The van der Waals surface area contributed by atoms with Crippen LogP contribution in [0.25, 0.3) is 0 Å². The van der Waals surface area contributed by atoms with Gasteiger partial charge in [0.2, 0.25) is 0 Å². The highest BCUT2D eigenvalue weighted by Crippen LogP contribution is 2.14. The molecule has 0 radical (unpaired) electrons. The summed E-state index contributed by atoms with van der Waals surface area (Å²) in [7, 11) is 0. The molecule has 0 bridgehead atoms. The first kappa shape index (κ1) is 20.3. The maximum Gasteiger partial charge on any atom is 0.0158 e. The van der Waals surface area contributed by atoms with Crippen LogP contribution in [0.1, 0.15) is 85.5 Å². The van der Waals surface area contributed by atoms with Gasteiger partial charge < -0.3 is 5.32 Å². The summed E-state index contributed by atoms with van der Waals surface area (Å²) in [5.41, 5.74) is 0. The summed E-state index contributed by atoms with van der Waals surface area (Å²) in [4.78, 5) is 0.